The zero-order valence-corrected chi connectivity index (χ0v) is 40.0. The molecule has 0 aliphatic rings. The van der Waals surface area contributed by atoms with Crippen LogP contribution in [0, 0.1) is 0 Å². The van der Waals surface area contributed by atoms with Crippen molar-refractivity contribution in [2.75, 3.05) is 4.90 Å². The van der Waals surface area contributed by atoms with E-state index >= 15 is 0 Å². The largest absolute Gasteiger partial charge is 0.310 e. The van der Waals surface area contributed by atoms with Gasteiger partial charge in [0.05, 0.1) is 27.8 Å². The van der Waals surface area contributed by atoms with E-state index in [1.54, 1.807) is 0 Å². The van der Waals surface area contributed by atoms with Crippen LogP contribution in [0.3, 0.4) is 0 Å². The summed E-state index contributed by atoms with van der Waals surface area (Å²) in [7, 11) is 0. The third kappa shape index (κ3) is 7.37. The SMILES string of the molecule is c1ccc(-c2ccc(N(c3ccc(-c4ccc(-n5c6ccccc6c6ccccc65)cc4)cc3)c3ccc(-c4ccc(-n5c6ccccc6c6ccccc65)cc4)cc3)c(-c3ccc4ccccc4c3)c2)cc1. The highest BCUT2D eigenvalue weighted by atomic mass is 15.1. The first kappa shape index (κ1) is 42.2. The molecule has 3 nitrogen and oxygen atoms in total. The second-order valence-electron chi connectivity index (χ2n) is 18.9. The highest BCUT2D eigenvalue weighted by molar-refractivity contribution is 6.10. The van der Waals surface area contributed by atoms with Gasteiger partial charge in [0, 0.05) is 49.9 Å². The molecule has 0 radical (unpaired) electrons. The predicted octanol–water partition coefficient (Wildman–Crippen LogP) is 19.2. The Morgan fingerprint density at radius 1 is 0.233 bits per heavy atom. The van der Waals surface area contributed by atoms with E-state index in [0.717, 1.165) is 50.7 Å². The van der Waals surface area contributed by atoms with E-state index in [1.807, 2.05) is 0 Å². The minimum absolute atomic E-state index is 1.07. The van der Waals surface area contributed by atoms with Crippen LogP contribution in [0.25, 0.3) is 110 Å². The fourth-order valence-corrected chi connectivity index (χ4v) is 11.2. The molecule has 2 aromatic heterocycles. The van der Waals surface area contributed by atoms with Crippen LogP contribution in [-0.2, 0) is 0 Å². The third-order valence-electron chi connectivity index (χ3n) is 14.7. The lowest BCUT2D eigenvalue weighted by Crippen LogP contribution is -2.11. The van der Waals surface area contributed by atoms with Gasteiger partial charge in [0.1, 0.15) is 0 Å². The van der Waals surface area contributed by atoms with Crippen molar-refractivity contribution in [3.63, 3.8) is 0 Å². The molecule has 0 amide bonds. The molecule has 0 N–H and O–H groups in total. The second kappa shape index (κ2) is 17.6. The topological polar surface area (TPSA) is 13.1 Å². The summed E-state index contributed by atoms with van der Waals surface area (Å²) >= 11 is 0. The average Bonchev–Trinajstić information content (AvgIpc) is 3.99. The van der Waals surface area contributed by atoms with Crippen LogP contribution in [0.5, 0.6) is 0 Å². The standard InChI is InChI=1S/C70H47N3/c1-2-14-48(15-3-1)55-36-45-70(65(47-55)56-27-26-49-16-4-5-17-54(49)46-56)71(57-37-28-50(29-38-57)52-32-41-59(42-33-52)72-66-22-10-6-18-61(66)62-19-7-11-23-67(62)72)58-39-30-51(31-40-58)53-34-43-60(44-35-53)73-68-24-12-8-20-63(68)64-21-9-13-25-69(64)73/h1-47H. The summed E-state index contributed by atoms with van der Waals surface area (Å²) in [6.07, 6.45) is 0. The summed E-state index contributed by atoms with van der Waals surface area (Å²) < 4.78 is 4.75. The Bertz CT molecular complexity index is 4030. The predicted molar refractivity (Wildman–Crippen MR) is 309 cm³/mol. The summed E-state index contributed by atoms with van der Waals surface area (Å²) in [6.45, 7) is 0. The van der Waals surface area contributed by atoms with E-state index < -0.39 is 0 Å². The molecule has 3 heteroatoms. The fraction of sp³-hybridized carbons (Fsp3) is 0. The van der Waals surface area contributed by atoms with E-state index in [9.17, 15) is 0 Å². The Kier molecular flexibility index (Phi) is 10.2. The van der Waals surface area contributed by atoms with Gasteiger partial charge in [-0.1, -0.05) is 194 Å². The first-order chi connectivity index (χ1) is 36.2. The molecule has 14 aromatic rings. The van der Waals surface area contributed by atoms with E-state index in [-0.39, 0.29) is 0 Å². The highest BCUT2D eigenvalue weighted by Crippen LogP contribution is 2.45. The maximum absolute atomic E-state index is 2.42. The average molecular weight is 930 g/mol. The Morgan fingerprint density at radius 3 is 1.05 bits per heavy atom. The lowest BCUT2D eigenvalue weighted by molar-refractivity contribution is 1.18. The highest BCUT2D eigenvalue weighted by Gasteiger charge is 2.20. The maximum Gasteiger partial charge on any atom is 0.0541 e. The molecular weight excluding hydrogens is 883 g/mol. The van der Waals surface area contributed by atoms with Gasteiger partial charge in [-0.05, 0) is 141 Å². The molecule has 0 fully saturated rings. The van der Waals surface area contributed by atoms with Crippen molar-refractivity contribution in [3.8, 4) is 55.9 Å². The molecule has 2 heterocycles. The van der Waals surface area contributed by atoms with Gasteiger partial charge in [0.15, 0.2) is 0 Å². The summed E-state index contributed by atoms with van der Waals surface area (Å²) in [5.74, 6) is 0. The molecule has 0 unspecified atom stereocenters. The van der Waals surface area contributed by atoms with Crippen molar-refractivity contribution < 1.29 is 0 Å². The molecule has 73 heavy (non-hydrogen) atoms. The zero-order valence-electron chi connectivity index (χ0n) is 40.0. The molecule has 0 spiro atoms. The summed E-state index contributed by atoms with van der Waals surface area (Å²) in [5.41, 5.74) is 19.7. The number of aromatic nitrogens is 2. The Hall–Kier alpha value is -9.70. The lowest BCUT2D eigenvalue weighted by atomic mass is 9.94. The van der Waals surface area contributed by atoms with Crippen LogP contribution in [0.4, 0.5) is 17.1 Å². The van der Waals surface area contributed by atoms with Crippen LogP contribution in [-0.4, -0.2) is 9.13 Å². The molecule has 12 aromatic carbocycles. The van der Waals surface area contributed by atoms with Crippen LogP contribution < -0.4 is 4.90 Å². The number of para-hydroxylation sites is 4. The smallest absolute Gasteiger partial charge is 0.0541 e. The number of nitrogens with zero attached hydrogens (tertiary/aromatic N) is 3. The molecule has 0 aliphatic carbocycles. The summed E-state index contributed by atoms with van der Waals surface area (Å²) in [6, 6.07) is 104. The van der Waals surface area contributed by atoms with Gasteiger partial charge in [0.25, 0.3) is 0 Å². The van der Waals surface area contributed by atoms with Crippen molar-refractivity contribution in [3.05, 3.63) is 285 Å². The first-order valence-corrected chi connectivity index (χ1v) is 25.1. The number of benzene rings is 12. The van der Waals surface area contributed by atoms with Crippen LogP contribution >= 0.6 is 0 Å². The fourth-order valence-electron chi connectivity index (χ4n) is 11.2. The van der Waals surface area contributed by atoms with Crippen molar-refractivity contribution in [2.45, 2.75) is 0 Å². The van der Waals surface area contributed by atoms with Gasteiger partial charge in [-0.2, -0.15) is 0 Å². The van der Waals surface area contributed by atoms with E-state index in [1.165, 1.54) is 76.6 Å². The summed E-state index contributed by atoms with van der Waals surface area (Å²) in [5, 5.41) is 7.49. The van der Waals surface area contributed by atoms with Crippen molar-refractivity contribution in [2.24, 2.45) is 0 Å². The van der Waals surface area contributed by atoms with Gasteiger partial charge < -0.3 is 14.0 Å². The van der Waals surface area contributed by atoms with Crippen LogP contribution in [0.1, 0.15) is 0 Å². The Labute approximate surface area is 424 Å². The molecule has 0 saturated heterocycles. The summed E-state index contributed by atoms with van der Waals surface area (Å²) in [4.78, 5) is 2.42. The number of anilines is 3. The van der Waals surface area contributed by atoms with Gasteiger partial charge in [-0.25, -0.2) is 0 Å². The maximum atomic E-state index is 2.42. The number of hydrogen-bond donors (Lipinski definition) is 0. The zero-order chi connectivity index (χ0) is 48.2. The van der Waals surface area contributed by atoms with E-state index in [2.05, 4.69) is 299 Å². The Balaban J connectivity index is 0.860. The molecule has 0 atom stereocenters. The number of rotatable bonds is 9. The van der Waals surface area contributed by atoms with E-state index in [0.29, 0.717) is 0 Å². The molecule has 14 rings (SSSR count). The van der Waals surface area contributed by atoms with Gasteiger partial charge in [0.2, 0.25) is 0 Å². The normalized spacial score (nSPS) is 11.6. The number of hydrogen-bond acceptors (Lipinski definition) is 1. The molecular formula is C70H47N3. The second-order valence-corrected chi connectivity index (χ2v) is 18.9. The Morgan fingerprint density at radius 2 is 0.589 bits per heavy atom. The van der Waals surface area contributed by atoms with Crippen molar-refractivity contribution in [1.29, 1.82) is 0 Å². The molecule has 0 saturated carbocycles. The van der Waals surface area contributed by atoms with Crippen LogP contribution in [0.15, 0.2) is 285 Å². The minimum atomic E-state index is 1.07. The number of fused-ring (bicyclic) bond motifs is 7. The lowest BCUT2D eigenvalue weighted by Gasteiger charge is -2.29. The van der Waals surface area contributed by atoms with E-state index in [4.69, 9.17) is 0 Å². The van der Waals surface area contributed by atoms with Crippen molar-refractivity contribution in [1.82, 2.24) is 9.13 Å². The molecule has 0 aliphatic heterocycles. The monoisotopic (exact) mass is 929 g/mol. The van der Waals surface area contributed by atoms with Gasteiger partial charge >= 0.3 is 0 Å². The first-order valence-electron chi connectivity index (χ1n) is 25.1. The molecule has 342 valence electrons. The van der Waals surface area contributed by atoms with Gasteiger partial charge in [-0.15, -0.1) is 0 Å². The molecule has 0 bridgehead atoms. The van der Waals surface area contributed by atoms with Gasteiger partial charge in [-0.3, -0.25) is 0 Å². The van der Waals surface area contributed by atoms with Crippen LogP contribution in [0.2, 0.25) is 0 Å². The minimum Gasteiger partial charge on any atom is -0.310 e. The third-order valence-corrected chi connectivity index (χ3v) is 14.7. The quantitative estimate of drug-likeness (QED) is 0.141. The van der Waals surface area contributed by atoms with Crippen molar-refractivity contribution >= 4 is 71.4 Å².